The van der Waals surface area contributed by atoms with E-state index in [4.69, 9.17) is 21.1 Å². The van der Waals surface area contributed by atoms with Gasteiger partial charge in [-0.1, -0.05) is 35.9 Å². The number of aromatic nitrogens is 3. The van der Waals surface area contributed by atoms with Crippen molar-refractivity contribution in [3.63, 3.8) is 0 Å². The Kier molecular flexibility index (Phi) is 8.97. The van der Waals surface area contributed by atoms with E-state index in [1.165, 1.54) is 32.4 Å². The molecule has 0 unspecified atom stereocenters. The van der Waals surface area contributed by atoms with Crippen LogP contribution in [0.15, 0.2) is 71.8 Å². The minimum atomic E-state index is -4.31. The van der Waals surface area contributed by atoms with Crippen LogP contribution in [0.4, 0.5) is 14.5 Å². The maximum atomic E-state index is 13.5. The molecule has 3 aromatic carbocycles. The summed E-state index contributed by atoms with van der Waals surface area (Å²) in [5.74, 6) is 0.459. The lowest BCUT2D eigenvalue weighted by atomic mass is 10.1. The molecule has 0 aliphatic carbocycles. The van der Waals surface area contributed by atoms with Gasteiger partial charge in [0.25, 0.3) is 6.43 Å². The fraction of sp³-hybridized carbons (Fsp3) is 0.192. The summed E-state index contributed by atoms with van der Waals surface area (Å²) in [6.07, 6.45) is -2.12. The Bertz CT molecular complexity index is 1630. The summed E-state index contributed by atoms with van der Waals surface area (Å²) < 4.78 is 66.3. The molecule has 14 heteroatoms. The molecular weight excluding hydrogens is 568 g/mol. The van der Waals surface area contributed by atoms with Gasteiger partial charge in [0.15, 0.2) is 0 Å². The normalized spacial score (nSPS) is 11.4. The van der Waals surface area contributed by atoms with Crippen LogP contribution in [-0.4, -0.2) is 43.5 Å². The molecule has 2 N–H and O–H groups in total. The van der Waals surface area contributed by atoms with Gasteiger partial charge in [-0.15, -0.1) is 9.90 Å². The zero-order valence-corrected chi connectivity index (χ0v) is 22.8. The highest BCUT2D eigenvalue weighted by molar-refractivity contribution is 7.89. The number of halogens is 3. The van der Waals surface area contributed by atoms with Gasteiger partial charge >= 0.3 is 0 Å². The number of benzene rings is 3. The molecule has 0 aliphatic heterocycles. The van der Waals surface area contributed by atoms with E-state index in [1.54, 1.807) is 42.5 Å². The second kappa shape index (κ2) is 12.4. The third-order valence-corrected chi connectivity index (χ3v) is 7.54. The second-order valence-electron chi connectivity index (χ2n) is 8.36. The topological polar surface area (TPSA) is 124 Å². The van der Waals surface area contributed by atoms with Crippen molar-refractivity contribution in [2.24, 2.45) is 0 Å². The molecule has 0 bridgehead atoms. The van der Waals surface area contributed by atoms with Crippen LogP contribution in [-0.2, 0) is 27.8 Å². The summed E-state index contributed by atoms with van der Waals surface area (Å²) in [5, 5.41) is 10.6. The summed E-state index contributed by atoms with van der Waals surface area (Å²) in [4.78, 5) is 13.1. The summed E-state index contributed by atoms with van der Waals surface area (Å²) in [6.45, 7) is -0.174. The SMILES string of the molecule is COc1ccc(CNS(=O)(=O)c2cc(NC(=O)Cc3ccccc3Cl)ccc2-n2ncc(C(F)F)n2)c(OC)c1. The predicted octanol–water partition coefficient (Wildman–Crippen LogP) is 4.54. The van der Waals surface area contributed by atoms with Gasteiger partial charge in [-0.3, -0.25) is 4.79 Å². The van der Waals surface area contributed by atoms with Crippen molar-refractivity contribution in [2.45, 2.75) is 24.3 Å². The smallest absolute Gasteiger partial charge is 0.283 e. The van der Waals surface area contributed by atoms with Gasteiger partial charge in [-0.2, -0.15) is 5.10 Å². The molecule has 0 fully saturated rings. The van der Waals surface area contributed by atoms with E-state index in [1.807, 2.05) is 0 Å². The highest BCUT2D eigenvalue weighted by atomic mass is 35.5. The average Bonchev–Trinajstić information content (AvgIpc) is 3.44. The lowest BCUT2D eigenvalue weighted by molar-refractivity contribution is -0.115. The number of ether oxygens (including phenoxy) is 2. The Balaban J connectivity index is 1.66. The van der Waals surface area contributed by atoms with Crippen LogP contribution in [0.25, 0.3) is 5.69 Å². The van der Waals surface area contributed by atoms with E-state index >= 15 is 0 Å². The number of rotatable bonds is 11. The first-order valence-corrected chi connectivity index (χ1v) is 13.6. The number of amides is 1. The minimum Gasteiger partial charge on any atom is -0.497 e. The summed E-state index contributed by atoms with van der Waals surface area (Å²) in [6, 6.07) is 15.6. The van der Waals surface area contributed by atoms with Crippen molar-refractivity contribution in [1.82, 2.24) is 19.7 Å². The fourth-order valence-electron chi connectivity index (χ4n) is 3.73. The molecule has 0 radical (unpaired) electrons. The number of hydrogen-bond acceptors (Lipinski definition) is 7. The minimum absolute atomic E-state index is 0.0581. The zero-order valence-electron chi connectivity index (χ0n) is 21.3. The number of methoxy groups -OCH3 is 2. The molecule has 1 aromatic heterocycles. The third-order valence-electron chi connectivity index (χ3n) is 5.74. The molecule has 4 aromatic rings. The number of anilines is 1. The molecule has 4 rings (SSSR count). The molecule has 0 aliphatic rings. The molecule has 0 atom stereocenters. The van der Waals surface area contributed by atoms with Crippen LogP contribution in [0.5, 0.6) is 11.5 Å². The van der Waals surface area contributed by atoms with Gasteiger partial charge in [0.1, 0.15) is 27.8 Å². The van der Waals surface area contributed by atoms with Gasteiger partial charge in [0.05, 0.1) is 26.8 Å². The Labute approximate surface area is 233 Å². The number of hydrogen-bond donors (Lipinski definition) is 2. The Hall–Kier alpha value is -4.07. The van der Waals surface area contributed by atoms with Gasteiger partial charge in [-0.25, -0.2) is 21.9 Å². The molecule has 0 spiro atoms. The third kappa shape index (κ3) is 6.73. The van der Waals surface area contributed by atoms with Gasteiger partial charge in [-0.05, 0) is 35.9 Å². The summed E-state index contributed by atoms with van der Waals surface area (Å²) in [7, 11) is -1.39. The van der Waals surface area contributed by atoms with E-state index in [9.17, 15) is 22.0 Å². The molecule has 1 heterocycles. The van der Waals surface area contributed by atoms with E-state index < -0.39 is 28.0 Å². The Morgan fingerprint density at radius 2 is 1.82 bits per heavy atom. The van der Waals surface area contributed by atoms with E-state index in [0.717, 1.165) is 11.0 Å². The summed E-state index contributed by atoms with van der Waals surface area (Å²) in [5.41, 5.74) is 0.502. The highest BCUT2D eigenvalue weighted by Gasteiger charge is 2.24. The largest absolute Gasteiger partial charge is 0.497 e. The molecule has 0 saturated carbocycles. The number of alkyl halides is 2. The maximum absolute atomic E-state index is 13.5. The standard InChI is InChI=1S/C26H24ClF2N5O5S/c1-38-19-9-7-17(23(13-19)39-2)14-31-40(36,37)24-12-18(32-25(35)11-16-5-3-4-6-20(16)27)8-10-22(24)34-30-15-21(33-34)26(28)29/h3-10,12-13,15,26,31H,11,14H2,1-2H3,(H,32,35). The quantitative estimate of drug-likeness (QED) is 0.262. The van der Waals surface area contributed by atoms with Gasteiger partial charge in [0.2, 0.25) is 15.9 Å². The average molecular weight is 592 g/mol. The fourth-order valence-corrected chi connectivity index (χ4v) is 5.14. The van der Waals surface area contributed by atoms with Crippen LogP contribution in [0, 0.1) is 0 Å². The highest BCUT2D eigenvalue weighted by Crippen LogP contribution is 2.28. The van der Waals surface area contributed by atoms with Crippen molar-refractivity contribution in [1.29, 1.82) is 0 Å². The van der Waals surface area contributed by atoms with E-state index in [2.05, 4.69) is 20.2 Å². The van der Waals surface area contributed by atoms with Crippen molar-refractivity contribution in [3.05, 3.63) is 88.7 Å². The number of nitrogens with zero attached hydrogens (tertiary/aromatic N) is 3. The van der Waals surface area contributed by atoms with Crippen LogP contribution >= 0.6 is 11.6 Å². The number of nitrogens with one attached hydrogen (secondary N) is 2. The molecule has 1 amide bonds. The molecule has 0 saturated heterocycles. The molecule has 210 valence electrons. The summed E-state index contributed by atoms with van der Waals surface area (Å²) >= 11 is 6.14. The molecule has 40 heavy (non-hydrogen) atoms. The number of carbonyl (C=O) groups excluding carboxylic acids is 1. The van der Waals surface area contributed by atoms with Crippen molar-refractivity contribution in [3.8, 4) is 17.2 Å². The molecule has 10 nitrogen and oxygen atoms in total. The van der Waals surface area contributed by atoms with Crippen molar-refractivity contribution < 1.29 is 31.5 Å². The number of sulfonamides is 1. The van der Waals surface area contributed by atoms with Crippen molar-refractivity contribution in [2.75, 3.05) is 19.5 Å². The van der Waals surface area contributed by atoms with Crippen LogP contribution < -0.4 is 19.5 Å². The first-order chi connectivity index (χ1) is 19.1. The first-order valence-electron chi connectivity index (χ1n) is 11.7. The van der Waals surface area contributed by atoms with Crippen LogP contribution in [0.2, 0.25) is 5.02 Å². The Morgan fingerprint density at radius 1 is 1.05 bits per heavy atom. The van der Waals surface area contributed by atoms with Crippen molar-refractivity contribution >= 4 is 33.2 Å². The molecular formula is C26H24ClF2N5O5S. The van der Waals surface area contributed by atoms with Gasteiger partial charge < -0.3 is 14.8 Å². The second-order valence-corrected chi connectivity index (χ2v) is 10.5. The first kappa shape index (κ1) is 28.9. The predicted molar refractivity (Wildman–Crippen MR) is 144 cm³/mol. The zero-order chi connectivity index (χ0) is 28.9. The van der Waals surface area contributed by atoms with Gasteiger partial charge in [0, 0.05) is 28.9 Å². The lowest BCUT2D eigenvalue weighted by Gasteiger charge is -2.15. The lowest BCUT2D eigenvalue weighted by Crippen LogP contribution is -2.25. The van der Waals surface area contributed by atoms with Crippen LogP contribution in [0.3, 0.4) is 0 Å². The number of carbonyl (C=O) groups is 1. The van der Waals surface area contributed by atoms with E-state index in [0.29, 0.717) is 27.6 Å². The maximum Gasteiger partial charge on any atom is 0.283 e. The Morgan fingerprint density at radius 3 is 2.50 bits per heavy atom. The van der Waals surface area contributed by atoms with E-state index in [-0.39, 0.29) is 29.2 Å². The monoisotopic (exact) mass is 591 g/mol. The van der Waals surface area contributed by atoms with Crippen LogP contribution in [0.1, 0.15) is 23.2 Å².